The van der Waals surface area contributed by atoms with Gasteiger partial charge in [-0.25, -0.2) is 4.98 Å². The largest absolute Gasteiger partial charge is 0.379 e. The van der Waals surface area contributed by atoms with Gasteiger partial charge in [-0.2, -0.15) is 0 Å². The van der Waals surface area contributed by atoms with Crippen LogP contribution in [0.1, 0.15) is 26.2 Å². The molecule has 1 saturated carbocycles. The summed E-state index contributed by atoms with van der Waals surface area (Å²) in [5.41, 5.74) is 1.02. The number of hydrogen-bond donors (Lipinski definition) is 2. The first-order valence-electron chi connectivity index (χ1n) is 6.26. The predicted molar refractivity (Wildman–Crippen MR) is 67.1 cm³/mol. The van der Waals surface area contributed by atoms with Crippen LogP contribution in [0.25, 0.3) is 0 Å². The van der Waals surface area contributed by atoms with Crippen molar-refractivity contribution in [2.45, 2.75) is 38.3 Å². The first-order valence-corrected chi connectivity index (χ1v) is 6.26. The highest BCUT2D eigenvalue weighted by Gasteiger charge is 2.38. The van der Waals surface area contributed by atoms with E-state index in [0.717, 1.165) is 30.8 Å². The average Bonchev–Trinajstić information content (AvgIpc) is 2.45. The Bertz CT molecular complexity index is 446. The number of pyridine rings is 1. The van der Waals surface area contributed by atoms with Gasteiger partial charge >= 0.3 is 0 Å². The van der Waals surface area contributed by atoms with E-state index in [1.165, 1.54) is 0 Å². The third kappa shape index (κ3) is 1.77. The van der Waals surface area contributed by atoms with Crippen molar-refractivity contribution in [3.8, 4) is 0 Å². The first-order chi connectivity index (χ1) is 8.25. The number of nitrogens with one attached hydrogen (secondary N) is 2. The molecule has 2 aliphatic rings. The summed E-state index contributed by atoms with van der Waals surface area (Å²) in [7, 11) is 0. The topological polar surface area (TPSA) is 54.0 Å². The maximum absolute atomic E-state index is 12.0. The SMILES string of the molecule is C[C@@H]1Nc2ncccc2N[C@@H]2CCCC(=O)[C@@H]12. The van der Waals surface area contributed by atoms with Gasteiger partial charge in [0.1, 0.15) is 11.6 Å². The number of carbonyl (C=O) groups excluding carboxylic acids is 1. The minimum atomic E-state index is 0.0675. The molecule has 2 heterocycles. The van der Waals surface area contributed by atoms with Crippen LogP contribution in [0.2, 0.25) is 0 Å². The van der Waals surface area contributed by atoms with Crippen LogP contribution < -0.4 is 10.6 Å². The number of carbonyl (C=O) groups is 1. The first kappa shape index (κ1) is 10.6. The molecule has 1 aliphatic heterocycles. The molecule has 4 nitrogen and oxygen atoms in total. The van der Waals surface area contributed by atoms with Gasteiger partial charge in [-0.15, -0.1) is 0 Å². The third-order valence-electron chi connectivity index (χ3n) is 3.80. The molecule has 2 N–H and O–H groups in total. The number of nitrogens with zero attached hydrogens (tertiary/aromatic N) is 1. The molecule has 0 aromatic carbocycles. The van der Waals surface area contributed by atoms with Crippen LogP contribution in [-0.2, 0) is 4.79 Å². The number of anilines is 2. The molecule has 0 unspecified atom stereocenters. The van der Waals surface area contributed by atoms with E-state index < -0.39 is 0 Å². The lowest BCUT2D eigenvalue weighted by Crippen LogP contribution is -2.44. The molecule has 1 aromatic rings. The monoisotopic (exact) mass is 231 g/mol. The second-order valence-corrected chi connectivity index (χ2v) is 4.97. The molecule has 1 aliphatic carbocycles. The van der Waals surface area contributed by atoms with Crippen LogP contribution in [0.15, 0.2) is 18.3 Å². The number of hydrogen-bond acceptors (Lipinski definition) is 4. The quantitative estimate of drug-likeness (QED) is 0.717. The van der Waals surface area contributed by atoms with Gasteiger partial charge in [0.05, 0.1) is 11.6 Å². The summed E-state index contributed by atoms with van der Waals surface area (Å²) in [5, 5.41) is 6.83. The van der Waals surface area contributed by atoms with Crippen molar-refractivity contribution in [2.24, 2.45) is 5.92 Å². The van der Waals surface area contributed by atoms with Crippen LogP contribution in [0.4, 0.5) is 11.5 Å². The van der Waals surface area contributed by atoms with E-state index in [1.807, 2.05) is 12.1 Å². The van der Waals surface area contributed by atoms with Gasteiger partial charge in [-0.05, 0) is 31.9 Å². The van der Waals surface area contributed by atoms with Crippen LogP contribution >= 0.6 is 0 Å². The van der Waals surface area contributed by atoms with Crippen molar-refractivity contribution in [1.82, 2.24) is 4.98 Å². The Morgan fingerprint density at radius 3 is 3.18 bits per heavy atom. The van der Waals surface area contributed by atoms with E-state index in [0.29, 0.717) is 5.78 Å². The Morgan fingerprint density at radius 2 is 2.29 bits per heavy atom. The summed E-state index contributed by atoms with van der Waals surface area (Å²) < 4.78 is 0. The highest BCUT2D eigenvalue weighted by molar-refractivity contribution is 5.85. The minimum Gasteiger partial charge on any atom is -0.379 e. The normalized spacial score (nSPS) is 31.6. The van der Waals surface area contributed by atoms with Gasteiger partial charge in [-0.3, -0.25) is 4.79 Å². The van der Waals surface area contributed by atoms with Crippen LogP contribution in [0, 0.1) is 5.92 Å². The zero-order chi connectivity index (χ0) is 11.8. The van der Waals surface area contributed by atoms with E-state index in [9.17, 15) is 4.79 Å². The lowest BCUT2D eigenvalue weighted by Gasteiger charge is -2.32. The number of aromatic nitrogens is 1. The Kier molecular flexibility index (Phi) is 2.50. The smallest absolute Gasteiger partial charge is 0.149 e. The molecular formula is C13H17N3O. The molecule has 0 amide bonds. The molecule has 17 heavy (non-hydrogen) atoms. The Hall–Kier alpha value is -1.58. The summed E-state index contributed by atoms with van der Waals surface area (Å²) in [4.78, 5) is 16.4. The van der Waals surface area contributed by atoms with Crippen LogP contribution in [0.3, 0.4) is 0 Å². The fourth-order valence-corrected chi connectivity index (χ4v) is 3.00. The highest BCUT2D eigenvalue weighted by Crippen LogP contribution is 2.33. The van der Waals surface area contributed by atoms with Gasteiger partial charge in [0, 0.05) is 24.7 Å². The fraction of sp³-hybridized carbons (Fsp3) is 0.538. The molecule has 0 saturated heterocycles. The number of ketones is 1. The van der Waals surface area contributed by atoms with Crippen molar-refractivity contribution in [2.75, 3.05) is 10.6 Å². The van der Waals surface area contributed by atoms with E-state index in [2.05, 4.69) is 22.5 Å². The molecular weight excluding hydrogens is 214 g/mol. The number of rotatable bonds is 0. The zero-order valence-electron chi connectivity index (χ0n) is 9.94. The Morgan fingerprint density at radius 1 is 1.41 bits per heavy atom. The molecule has 0 bridgehead atoms. The van der Waals surface area contributed by atoms with Crippen molar-refractivity contribution in [3.05, 3.63) is 18.3 Å². The Labute approximate surface area is 101 Å². The number of Topliss-reactive ketones (excluding diaryl/α,β-unsaturated/α-hetero) is 1. The molecule has 1 fully saturated rings. The second kappa shape index (κ2) is 4.02. The van der Waals surface area contributed by atoms with E-state index >= 15 is 0 Å². The van der Waals surface area contributed by atoms with Crippen molar-refractivity contribution >= 4 is 17.3 Å². The van der Waals surface area contributed by atoms with Gasteiger partial charge in [0.15, 0.2) is 0 Å². The summed E-state index contributed by atoms with van der Waals surface area (Å²) >= 11 is 0. The van der Waals surface area contributed by atoms with E-state index in [-0.39, 0.29) is 18.0 Å². The maximum Gasteiger partial charge on any atom is 0.149 e. The summed E-state index contributed by atoms with van der Waals surface area (Å²) in [5.74, 6) is 1.31. The molecule has 90 valence electrons. The summed E-state index contributed by atoms with van der Waals surface area (Å²) in [6, 6.07) is 4.34. The van der Waals surface area contributed by atoms with Crippen molar-refractivity contribution < 1.29 is 4.79 Å². The minimum absolute atomic E-state index is 0.0675. The van der Waals surface area contributed by atoms with E-state index in [1.54, 1.807) is 6.20 Å². The van der Waals surface area contributed by atoms with Crippen molar-refractivity contribution in [1.29, 1.82) is 0 Å². The maximum atomic E-state index is 12.0. The van der Waals surface area contributed by atoms with Crippen LogP contribution in [0.5, 0.6) is 0 Å². The summed E-state index contributed by atoms with van der Waals surface area (Å²) in [6.07, 6.45) is 4.56. The Balaban J connectivity index is 1.97. The average molecular weight is 231 g/mol. The van der Waals surface area contributed by atoms with Gasteiger partial charge in [0.2, 0.25) is 0 Å². The van der Waals surface area contributed by atoms with Crippen LogP contribution in [-0.4, -0.2) is 22.9 Å². The lowest BCUT2D eigenvalue weighted by molar-refractivity contribution is -0.125. The fourth-order valence-electron chi connectivity index (χ4n) is 3.00. The van der Waals surface area contributed by atoms with Gasteiger partial charge in [0.25, 0.3) is 0 Å². The van der Waals surface area contributed by atoms with Crippen molar-refractivity contribution in [3.63, 3.8) is 0 Å². The summed E-state index contributed by atoms with van der Waals surface area (Å²) in [6.45, 7) is 2.08. The molecule has 3 rings (SSSR count). The highest BCUT2D eigenvalue weighted by atomic mass is 16.1. The molecule has 3 atom stereocenters. The van der Waals surface area contributed by atoms with Gasteiger partial charge < -0.3 is 10.6 Å². The zero-order valence-corrected chi connectivity index (χ0v) is 9.94. The second-order valence-electron chi connectivity index (χ2n) is 4.97. The standard InChI is InChI=1S/C13H17N3O/c1-8-12-9(4-2-6-11(12)17)16-10-5-3-7-14-13(10)15-8/h3,5,7-9,12,16H,2,4,6H2,1H3,(H,14,15)/t8-,9+,12-/m0/s1. The predicted octanol–water partition coefficient (Wildman–Crippen LogP) is 2.05. The molecule has 1 aromatic heterocycles. The third-order valence-corrected chi connectivity index (χ3v) is 3.80. The molecule has 0 radical (unpaired) electrons. The molecule has 4 heteroatoms. The number of fused-ring (bicyclic) bond motifs is 2. The van der Waals surface area contributed by atoms with Gasteiger partial charge in [-0.1, -0.05) is 0 Å². The lowest BCUT2D eigenvalue weighted by atomic mass is 9.79. The van der Waals surface area contributed by atoms with E-state index in [4.69, 9.17) is 0 Å². The molecule has 0 spiro atoms.